The number of fused-ring (bicyclic) bond motifs is 1. The van der Waals surface area contributed by atoms with Crippen molar-refractivity contribution in [3.05, 3.63) is 36.7 Å². The van der Waals surface area contributed by atoms with E-state index in [-0.39, 0.29) is 4.90 Å². The molecular weight excluding hydrogens is 370 g/mol. The number of hydrogen-bond acceptors (Lipinski definition) is 8. The minimum absolute atomic E-state index is 0.192. The van der Waals surface area contributed by atoms with Gasteiger partial charge in [0.1, 0.15) is 12.1 Å². The molecule has 8 nitrogen and oxygen atoms in total. The average Bonchev–Trinajstić information content (AvgIpc) is 2.66. The van der Waals surface area contributed by atoms with E-state index in [0.717, 1.165) is 6.26 Å². The SMILES string of the molecule is COc1cc(Nc2ncnc3ccc(S(C)(=O)=O)cc23)cc(OC)c1OC. The van der Waals surface area contributed by atoms with Gasteiger partial charge in [0, 0.05) is 29.5 Å². The number of nitrogens with zero attached hydrogens (tertiary/aromatic N) is 2. The van der Waals surface area contributed by atoms with E-state index in [1.165, 1.54) is 33.7 Å². The van der Waals surface area contributed by atoms with E-state index < -0.39 is 9.84 Å². The molecular formula is C18H19N3O5S. The Kier molecular flexibility index (Phi) is 5.04. The second-order valence-electron chi connectivity index (χ2n) is 5.71. The molecule has 0 unspecified atom stereocenters. The summed E-state index contributed by atoms with van der Waals surface area (Å²) < 4.78 is 39.8. The van der Waals surface area contributed by atoms with Crippen LogP contribution in [0.1, 0.15) is 0 Å². The van der Waals surface area contributed by atoms with Crippen molar-refractivity contribution in [2.24, 2.45) is 0 Å². The number of anilines is 2. The molecule has 27 heavy (non-hydrogen) atoms. The van der Waals surface area contributed by atoms with Crippen molar-refractivity contribution in [2.45, 2.75) is 4.90 Å². The van der Waals surface area contributed by atoms with Gasteiger partial charge in [0.25, 0.3) is 0 Å². The number of benzene rings is 2. The molecule has 3 aromatic rings. The Bertz CT molecular complexity index is 1070. The van der Waals surface area contributed by atoms with Gasteiger partial charge in [-0.05, 0) is 18.2 Å². The molecule has 0 bridgehead atoms. The van der Waals surface area contributed by atoms with Crippen LogP contribution in [0, 0.1) is 0 Å². The van der Waals surface area contributed by atoms with Gasteiger partial charge in [-0.3, -0.25) is 0 Å². The minimum Gasteiger partial charge on any atom is -0.493 e. The van der Waals surface area contributed by atoms with Crippen molar-refractivity contribution in [1.29, 1.82) is 0 Å². The minimum atomic E-state index is -3.35. The van der Waals surface area contributed by atoms with Gasteiger partial charge in [0.2, 0.25) is 5.75 Å². The molecule has 0 saturated carbocycles. The number of hydrogen-bond donors (Lipinski definition) is 1. The fourth-order valence-corrected chi connectivity index (χ4v) is 3.30. The maximum Gasteiger partial charge on any atom is 0.203 e. The number of rotatable bonds is 6. The maximum atomic E-state index is 11.9. The van der Waals surface area contributed by atoms with Gasteiger partial charge in [-0.1, -0.05) is 0 Å². The number of ether oxygens (including phenoxy) is 3. The molecule has 9 heteroatoms. The van der Waals surface area contributed by atoms with E-state index in [0.29, 0.717) is 39.7 Å². The van der Waals surface area contributed by atoms with Gasteiger partial charge in [0.05, 0.1) is 31.7 Å². The maximum absolute atomic E-state index is 11.9. The average molecular weight is 389 g/mol. The molecule has 1 aromatic heterocycles. The molecule has 0 spiro atoms. The van der Waals surface area contributed by atoms with Crippen molar-refractivity contribution >= 4 is 32.2 Å². The number of sulfone groups is 1. The van der Waals surface area contributed by atoms with Gasteiger partial charge in [-0.2, -0.15) is 0 Å². The van der Waals surface area contributed by atoms with Gasteiger partial charge < -0.3 is 19.5 Å². The smallest absolute Gasteiger partial charge is 0.203 e. The third-order valence-electron chi connectivity index (χ3n) is 3.96. The van der Waals surface area contributed by atoms with Crippen molar-refractivity contribution in [3.63, 3.8) is 0 Å². The molecule has 0 aliphatic carbocycles. The molecule has 0 aliphatic heterocycles. The normalized spacial score (nSPS) is 11.3. The molecule has 0 radical (unpaired) electrons. The second-order valence-corrected chi connectivity index (χ2v) is 7.73. The number of nitrogens with one attached hydrogen (secondary N) is 1. The molecule has 2 aromatic carbocycles. The van der Waals surface area contributed by atoms with Crippen LogP contribution in [0.25, 0.3) is 10.9 Å². The van der Waals surface area contributed by atoms with Crippen LogP contribution < -0.4 is 19.5 Å². The lowest BCUT2D eigenvalue weighted by Gasteiger charge is -2.15. The van der Waals surface area contributed by atoms with Crippen LogP contribution in [0.4, 0.5) is 11.5 Å². The zero-order valence-corrected chi connectivity index (χ0v) is 16.1. The lowest BCUT2D eigenvalue weighted by atomic mass is 10.2. The monoisotopic (exact) mass is 389 g/mol. The topological polar surface area (TPSA) is 99.6 Å². The first-order valence-corrected chi connectivity index (χ1v) is 9.78. The standard InChI is InChI=1S/C18H19N3O5S/c1-24-15-7-11(8-16(25-2)17(15)26-3)21-18-13-9-12(27(4,22)23)5-6-14(13)19-10-20-18/h5-10H,1-4H3,(H,19,20,21). The molecule has 1 heterocycles. The quantitative estimate of drug-likeness (QED) is 0.687. The van der Waals surface area contributed by atoms with Crippen molar-refractivity contribution in [1.82, 2.24) is 9.97 Å². The Morgan fingerprint density at radius 1 is 0.926 bits per heavy atom. The summed E-state index contributed by atoms with van der Waals surface area (Å²) in [5.41, 5.74) is 1.25. The van der Waals surface area contributed by atoms with E-state index in [9.17, 15) is 8.42 Å². The van der Waals surface area contributed by atoms with Gasteiger partial charge in [0.15, 0.2) is 21.3 Å². The summed E-state index contributed by atoms with van der Waals surface area (Å²) in [5.74, 6) is 1.89. The van der Waals surface area contributed by atoms with E-state index in [4.69, 9.17) is 14.2 Å². The van der Waals surface area contributed by atoms with E-state index in [1.807, 2.05) is 0 Å². The van der Waals surface area contributed by atoms with Crippen LogP contribution in [0.3, 0.4) is 0 Å². The van der Waals surface area contributed by atoms with E-state index >= 15 is 0 Å². The molecule has 1 N–H and O–H groups in total. The Labute approximate surface area is 157 Å². The molecule has 142 valence electrons. The van der Waals surface area contributed by atoms with Crippen LogP contribution >= 0.6 is 0 Å². The summed E-state index contributed by atoms with van der Waals surface area (Å²) in [4.78, 5) is 8.63. The predicted octanol–water partition coefficient (Wildman–Crippen LogP) is 2.80. The van der Waals surface area contributed by atoms with Gasteiger partial charge >= 0.3 is 0 Å². The van der Waals surface area contributed by atoms with Crippen LogP contribution in [-0.4, -0.2) is 46.0 Å². The molecule has 0 aliphatic rings. The van der Waals surface area contributed by atoms with Crippen LogP contribution in [-0.2, 0) is 9.84 Å². The van der Waals surface area contributed by atoms with E-state index in [2.05, 4.69) is 15.3 Å². The first-order chi connectivity index (χ1) is 12.9. The van der Waals surface area contributed by atoms with Crippen molar-refractivity contribution in [3.8, 4) is 17.2 Å². The highest BCUT2D eigenvalue weighted by atomic mass is 32.2. The first kappa shape index (κ1) is 18.7. The Balaban J connectivity index is 2.11. The molecule has 0 saturated heterocycles. The Hall–Kier alpha value is -3.07. The van der Waals surface area contributed by atoms with Crippen molar-refractivity contribution in [2.75, 3.05) is 32.9 Å². The first-order valence-electron chi connectivity index (χ1n) is 7.89. The number of methoxy groups -OCH3 is 3. The highest BCUT2D eigenvalue weighted by Gasteiger charge is 2.15. The summed E-state index contributed by atoms with van der Waals surface area (Å²) in [6.07, 6.45) is 2.56. The molecule has 0 fully saturated rings. The lowest BCUT2D eigenvalue weighted by Crippen LogP contribution is -2.01. The third-order valence-corrected chi connectivity index (χ3v) is 5.07. The largest absolute Gasteiger partial charge is 0.493 e. The summed E-state index contributed by atoms with van der Waals surface area (Å²) in [6, 6.07) is 8.18. The zero-order valence-electron chi connectivity index (χ0n) is 15.3. The number of aromatic nitrogens is 2. The van der Waals surface area contributed by atoms with E-state index in [1.54, 1.807) is 24.3 Å². The summed E-state index contributed by atoms with van der Waals surface area (Å²) >= 11 is 0. The highest BCUT2D eigenvalue weighted by Crippen LogP contribution is 2.40. The second kappa shape index (κ2) is 7.28. The van der Waals surface area contributed by atoms with Crippen LogP contribution in [0.5, 0.6) is 17.2 Å². The van der Waals surface area contributed by atoms with Crippen LogP contribution in [0.15, 0.2) is 41.6 Å². The third kappa shape index (κ3) is 3.72. The molecule has 0 atom stereocenters. The Morgan fingerprint density at radius 3 is 2.15 bits per heavy atom. The Morgan fingerprint density at radius 2 is 1.59 bits per heavy atom. The summed E-state index contributed by atoms with van der Waals surface area (Å²) in [5, 5.41) is 3.74. The van der Waals surface area contributed by atoms with Crippen LogP contribution in [0.2, 0.25) is 0 Å². The molecule has 0 amide bonds. The fourth-order valence-electron chi connectivity index (χ4n) is 2.66. The zero-order chi connectivity index (χ0) is 19.6. The van der Waals surface area contributed by atoms with Crippen molar-refractivity contribution < 1.29 is 22.6 Å². The molecule has 3 rings (SSSR count). The highest BCUT2D eigenvalue weighted by molar-refractivity contribution is 7.90. The summed E-state index contributed by atoms with van der Waals surface area (Å²) in [7, 11) is 1.23. The van der Waals surface area contributed by atoms with Gasteiger partial charge in [-0.15, -0.1) is 0 Å². The fraction of sp³-hybridized carbons (Fsp3) is 0.222. The summed E-state index contributed by atoms with van der Waals surface area (Å²) in [6.45, 7) is 0. The lowest BCUT2D eigenvalue weighted by molar-refractivity contribution is 0.324. The van der Waals surface area contributed by atoms with Gasteiger partial charge in [-0.25, -0.2) is 18.4 Å². The predicted molar refractivity (Wildman–Crippen MR) is 102 cm³/mol.